The van der Waals surface area contributed by atoms with Gasteiger partial charge in [-0.2, -0.15) is 0 Å². The second-order valence-electron chi connectivity index (χ2n) is 8.33. The first-order valence-electron chi connectivity index (χ1n) is 11.8. The minimum absolute atomic E-state index is 0.0942. The zero-order valence-corrected chi connectivity index (χ0v) is 21.2. The third-order valence-corrected chi connectivity index (χ3v) is 6.09. The Balaban J connectivity index is 1.99. The lowest BCUT2D eigenvalue weighted by atomic mass is 9.94. The van der Waals surface area contributed by atoms with Crippen LogP contribution >= 0.6 is 0 Å². The molecule has 3 aromatic carbocycles. The molecule has 0 bridgehead atoms. The van der Waals surface area contributed by atoms with Gasteiger partial charge in [-0.25, -0.2) is 0 Å². The molecule has 3 aromatic rings. The summed E-state index contributed by atoms with van der Waals surface area (Å²) >= 11 is 0. The van der Waals surface area contributed by atoms with E-state index < -0.39 is 23.5 Å². The zero-order chi connectivity index (χ0) is 26.5. The number of anilines is 1. The summed E-state index contributed by atoms with van der Waals surface area (Å²) in [7, 11) is 4.42. The number of rotatable bonds is 9. The third kappa shape index (κ3) is 4.82. The molecule has 1 heterocycles. The molecule has 37 heavy (non-hydrogen) atoms. The Hall–Kier alpha value is -4.46. The van der Waals surface area contributed by atoms with Crippen molar-refractivity contribution in [3.63, 3.8) is 0 Å². The standard InChI is InChI=1S/C29H29NO7/c1-5-15-37-21-12-6-9-18(16-21)26-25(27(31)24-22(35-3)13-8-14-23(24)36-4)28(32)29(33)30(26)19-10-7-11-20(17-19)34-2/h6-14,16-17,26,31H,5,15H2,1-4H3/b27-25+. The summed E-state index contributed by atoms with van der Waals surface area (Å²) in [6.07, 6.45) is 0.820. The lowest BCUT2D eigenvalue weighted by Gasteiger charge is -2.26. The van der Waals surface area contributed by atoms with E-state index in [0.717, 1.165) is 6.42 Å². The van der Waals surface area contributed by atoms with Crippen LogP contribution in [-0.4, -0.2) is 44.7 Å². The average molecular weight is 504 g/mol. The number of Topliss-reactive ketones (excluding diaryl/α,β-unsaturated/α-hetero) is 1. The van der Waals surface area contributed by atoms with Crippen LogP contribution in [0.5, 0.6) is 23.0 Å². The first-order chi connectivity index (χ1) is 17.9. The van der Waals surface area contributed by atoms with E-state index in [0.29, 0.717) is 40.9 Å². The van der Waals surface area contributed by atoms with E-state index in [2.05, 4.69) is 0 Å². The van der Waals surface area contributed by atoms with E-state index >= 15 is 0 Å². The van der Waals surface area contributed by atoms with Gasteiger partial charge in [0.2, 0.25) is 0 Å². The molecule has 0 aromatic heterocycles. The molecule has 0 saturated carbocycles. The molecule has 1 atom stereocenters. The molecule has 8 heteroatoms. The summed E-state index contributed by atoms with van der Waals surface area (Å²) in [4.78, 5) is 28.4. The lowest BCUT2D eigenvalue weighted by Crippen LogP contribution is -2.29. The van der Waals surface area contributed by atoms with Crippen LogP contribution in [-0.2, 0) is 9.59 Å². The summed E-state index contributed by atoms with van der Waals surface area (Å²) in [5.41, 5.74) is 1.12. The minimum Gasteiger partial charge on any atom is -0.506 e. The SMILES string of the molecule is CCCOc1cccc(C2/C(=C(\O)c3c(OC)cccc3OC)C(=O)C(=O)N2c2cccc(OC)c2)c1. The number of benzene rings is 3. The number of hydrogen-bond donors (Lipinski definition) is 1. The molecular formula is C29H29NO7. The van der Waals surface area contributed by atoms with Crippen molar-refractivity contribution in [1.29, 1.82) is 0 Å². The van der Waals surface area contributed by atoms with Crippen LogP contribution in [0, 0.1) is 0 Å². The maximum Gasteiger partial charge on any atom is 0.300 e. The molecule has 1 fully saturated rings. The number of hydrogen-bond acceptors (Lipinski definition) is 7. The highest BCUT2D eigenvalue weighted by atomic mass is 16.5. The summed E-state index contributed by atoms with van der Waals surface area (Å²) < 4.78 is 22.1. The first kappa shape index (κ1) is 25.6. The van der Waals surface area contributed by atoms with Crippen molar-refractivity contribution in [2.45, 2.75) is 19.4 Å². The van der Waals surface area contributed by atoms with E-state index in [4.69, 9.17) is 18.9 Å². The van der Waals surface area contributed by atoms with Crippen LogP contribution in [0.2, 0.25) is 0 Å². The van der Waals surface area contributed by atoms with Gasteiger partial charge in [0.15, 0.2) is 0 Å². The quantitative estimate of drug-likeness (QED) is 0.246. The fourth-order valence-electron chi connectivity index (χ4n) is 4.39. The average Bonchev–Trinajstić information content (AvgIpc) is 3.21. The molecule has 192 valence electrons. The molecule has 1 saturated heterocycles. The number of ether oxygens (including phenoxy) is 4. The summed E-state index contributed by atoms with van der Waals surface area (Å²) in [6.45, 7) is 2.51. The smallest absolute Gasteiger partial charge is 0.300 e. The van der Waals surface area contributed by atoms with E-state index in [-0.39, 0.29) is 11.1 Å². The molecule has 4 rings (SSSR count). The number of aliphatic hydroxyl groups excluding tert-OH is 1. The molecular weight excluding hydrogens is 474 g/mol. The maximum absolute atomic E-state index is 13.5. The van der Waals surface area contributed by atoms with Crippen molar-refractivity contribution < 1.29 is 33.6 Å². The van der Waals surface area contributed by atoms with Gasteiger partial charge in [-0.05, 0) is 48.4 Å². The first-order valence-corrected chi connectivity index (χ1v) is 11.8. The van der Waals surface area contributed by atoms with Gasteiger partial charge in [-0.15, -0.1) is 0 Å². The van der Waals surface area contributed by atoms with Gasteiger partial charge in [-0.3, -0.25) is 14.5 Å². The van der Waals surface area contributed by atoms with Crippen LogP contribution in [0.1, 0.15) is 30.5 Å². The number of carbonyl (C=O) groups is 2. The van der Waals surface area contributed by atoms with Crippen LogP contribution in [0.25, 0.3) is 5.76 Å². The summed E-state index contributed by atoms with van der Waals surface area (Å²) in [5, 5.41) is 11.6. The Morgan fingerprint density at radius 2 is 1.51 bits per heavy atom. The molecule has 1 aliphatic heterocycles. The van der Waals surface area contributed by atoms with Gasteiger partial charge in [0, 0.05) is 11.8 Å². The highest BCUT2D eigenvalue weighted by Crippen LogP contribution is 2.46. The number of methoxy groups -OCH3 is 3. The van der Waals surface area contributed by atoms with Gasteiger partial charge in [0.05, 0.1) is 39.6 Å². The molecule has 1 aliphatic rings. The van der Waals surface area contributed by atoms with Crippen molar-refractivity contribution in [2.24, 2.45) is 0 Å². The molecule has 1 amide bonds. The third-order valence-electron chi connectivity index (χ3n) is 6.09. The fourth-order valence-corrected chi connectivity index (χ4v) is 4.39. The summed E-state index contributed by atoms with van der Waals surface area (Å²) in [5.74, 6) is -0.323. The highest BCUT2D eigenvalue weighted by molar-refractivity contribution is 6.51. The normalized spacial score (nSPS) is 16.5. The van der Waals surface area contributed by atoms with Crippen molar-refractivity contribution >= 4 is 23.1 Å². The number of aliphatic hydroxyl groups is 1. The van der Waals surface area contributed by atoms with E-state index in [1.54, 1.807) is 66.7 Å². The van der Waals surface area contributed by atoms with E-state index in [9.17, 15) is 14.7 Å². The van der Waals surface area contributed by atoms with Crippen molar-refractivity contribution in [3.8, 4) is 23.0 Å². The van der Waals surface area contributed by atoms with Crippen molar-refractivity contribution in [3.05, 3.63) is 83.4 Å². The predicted molar refractivity (Wildman–Crippen MR) is 140 cm³/mol. The predicted octanol–water partition coefficient (Wildman–Crippen LogP) is 5.13. The number of nitrogens with zero attached hydrogens (tertiary/aromatic N) is 1. The van der Waals surface area contributed by atoms with Gasteiger partial charge in [0.25, 0.3) is 11.7 Å². The summed E-state index contributed by atoms with van der Waals surface area (Å²) in [6, 6.07) is 18.0. The van der Waals surface area contributed by atoms with E-state index in [1.165, 1.54) is 26.2 Å². The van der Waals surface area contributed by atoms with Crippen molar-refractivity contribution in [2.75, 3.05) is 32.8 Å². The van der Waals surface area contributed by atoms with Crippen molar-refractivity contribution in [1.82, 2.24) is 0 Å². The van der Waals surface area contributed by atoms with Crippen LogP contribution in [0.4, 0.5) is 5.69 Å². The minimum atomic E-state index is -0.952. The molecule has 0 aliphatic carbocycles. The largest absolute Gasteiger partial charge is 0.506 e. The number of ketones is 1. The molecule has 0 radical (unpaired) electrons. The Kier molecular flexibility index (Phi) is 7.67. The second-order valence-corrected chi connectivity index (χ2v) is 8.33. The zero-order valence-electron chi connectivity index (χ0n) is 21.2. The van der Waals surface area contributed by atoms with Crippen LogP contribution < -0.4 is 23.8 Å². The maximum atomic E-state index is 13.5. The van der Waals surface area contributed by atoms with Gasteiger partial charge in [0.1, 0.15) is 34.3 Å². The molecule has 0 spiro atoms. The Morgan fingerprint density at radius 1 is 0.865 bits per heavy atom. The fraction of sp³-hybridized carbons (Fsp3) is 0.241. The molecule has 1 N–H and O–H groups in total. The second kappa shape index (κ2) is 11.1. The van der Waals surface area contributed by atoms with Crippen LogP contribution in [0.15, 0.2) is 72.3 Å². The van der Waals surface area contributed by atoms with Gasteiger partial charge < -0.3 is 24.1 Å². The Bertz CT molecular complexity index is 1330. The Morgan fingerprint density at radius 3 is 2.16 bits per heavy atom. The topological polar surface area (TPSA) is 94.5 Å². The highest BCUT2D eigenvalue weighted by Gasteiger charge is 2.47. The van der Waals surface area contributed by atoms with Gasteiger partial charge >= 0.3 is 0 Å². The Labute approximate surface area is 215 Å². The number of carbonyl (C=O) groups excluding carboxylic acids is 2. The van der Waals surface area contributed by atoms with Gasteiger partial charge in [-0.1, -0.05) is 31.2 Å². The monoisotopic (exact) mass is 503 g/mol. The van der Waals surface area contributed by atoms with Crippen LogP contribution in [0.3, 0.4) is 0 Å². The lowest BCUT2D eigenvalue weighted by molar-refractivity contribution is -0.132. The molecule has 8 nitrogen and oxygen atoms in total. The van der Waals surface area contributed by atoms with E-state index in [1.807, 2.05) is 6.92 Å². The number of amides is 1. The molecule has 1 unspecified atom stereocenters.